The van der Waals surface area contributed by atoms with Gasteiger partial charge in [0.2, 0.25) is 0 Å². The number of rotatable bonds is 5. The summed E-state index contributed by atoms with van der Waals surface area (Å²) in [4.78, 5) is 36.8. The first kappa shape index (κ1) is 26.9. The van der Waals surface area contributed by atoms with Gasteiger partial charge in [-0.3, -0.25) is 9.20 Å². The average molecular weight is 560 g/mol. The summed E-state index contributed by atoms with van der Waals surface area (Å²) in [5, 5.41) is 13.3. The average Bonchev–Trinajstić information content (AvgIpc) is 3.67. The first-order valence-corrected chi connectivity index (χ1v) is 13.4. The second-order valence-electron chi connectivity index (χ2n) is 11.2. The van der Waals surface area contributed by atoms with Crippen molar-refractivity contribution in [2.75, 3.05) is 18.5 Å². The van der Waals surface area contributed by atoms with E-state index in [0.29, 0.717) is 58.4 Å². The summed E-state index contributed by atoms with van der Waals surface area (Å²) < 4.78 is 26.6. The second-order valence-corrected chi connectivity index (χ2v) is 11.2. The molecule has 1 aromatic carbocycles. The van der Waals surface area contributed by atoms with Gasteiger partial charge < -0.3 is 19.9 Å². The van der Waals surface area contributed by atoms with Crippen molar-refractivity contribution in [1.82, 2.24) is 19.3 Å². The number of nitrogens with one attached hydrogen (secondary N) is 1. The number of carbonyl (C=O) groups excluding carboxylic acids is 2. The van der Waals surface area contributed by atoms with E-state index in [4.69, 9.17) is 9.47 Å². The maximum atomic E-state index is 13.8. The number of halogens is 1. The third kappa shape index (κ3) is 5.02. The van der Waals surface area contributed by atoms with Gasteiger partial charge in [0, 0.05) is 30.4 Å². The van der Waals surface area contributed by atoms with Crippen LogP contribution < -0.4 is 5.32 Å². The van der Waals surface area contributed by atoms with E-state index in [9.17, 15) is 19.1 Å². The van der Waals surface area contributed by atoms with Crippen molar-refractivity contribution < 1.29 is 28.6 Å². The van der Waals surface area contributed by atoms with E-state index in [-0.39, 0.29) is 19.1 Å². The van der Waals surface area contributed by atoms with Crippen molar-refractivity contribution in [1.29, 1.82) is 0 Å². The van der Waals surface area contributed by atoms with E-state index in [1.807, 2.05) is 12.1 Å². The topological polar surface area (TPSA) is 118 Å². The van der Waals surface area contributed by atoms with Gasteiger partial charge in [-0.25, -0.2) is 24.1 Å². The SMILES string of the molecule is CC(C)(C)OC(=O)N1Cc2c(-c3cnc4cc(F)ccn34)ccc(Nc3ccc(C4CCOC4)c(CO)n3)c2C1=O. The number of hydrogen-bond donors (Lipinski definition) is 2. The monoisotopic (exact) mass is 559 g/mol. The highest BCUT2D eigenvalue weighted by Gasteiger charge is 2.39. The molecule has 1 atom stereocenters. The predicted molar refractivity (Wildman–Crippen MR) is 148 cm³/mol. The second kappa shape index (κ2) is 10.2. The highest BCUT2D eigenvalue weighted by atomic mass is 19.1. The van der Waals surface area contributed by atoms with E-state index in [1.165, 1.54) is 12.1 Å². The minimum atomic E-state index is -0.793. The van der Waals surface area contributed by atoms with Crippen molar-refractivity contribution in [3.8, 4) is 11.3 Å². The van der Waals surface area contributed by atoms with E-state index < -0.39 is 23.4 Å². The Kier molecular flexibility index (Phi) is 6.71. The highest BCUT2D eigenvalue weighted by Crippen LogP contribution is 2.39. The van der Waals surface area contributed by atoms with E-state index >= 15 is 0 Å². The number of carbonyl (C=O) groups is 2. The van der Waals surface area contributed by atoms with Crippen LogP contribution in [-0.4, -0.2) is 55.2 Å². The molecule has 0 spiro atoms. The van der Waals surface area contributed by atoms with Crippen molar-refractivity contribution in [2.24, 2.45) is 0 Å². The molecule has 2 aliphatic heterocycles. The van der Waals surface area contributed by atoms with Crippen LogP contribution in [0.4, 0.5) is 20.7 Å². The van der Waals surface area contributed by atoms with Crippen LogP contribution >= 0.6 is 0 Å². The lowest BCUT2D eigenvalue weighted by Gasteiger charge is -2.23. The number of fused-ring (bicyclic) bond motifs is 2. The third-order valence-corrected chi connectivity index (χ3v) is 7.24. The number of aliphatic hydroxyl groups excluding tert-OH is 1. The molecule has 5 heterocycles. The molecule has 0 radical (unpaired) electrons. The number of aromatic nitrogens is 3. The van der Waals surface area contributed by atoms with E-state index in [0.717, 1.165) is 16.9 Å². The number of amides is 2. The Bertz CT molecular complexity index is 1670. The van der Waals surface area contributed by atoms with Crippen molar-refractivity contribution >= 4 is 29.2 Å². The maximum Gasteiger partial charge on any atom is 0.417 e. The Morgan fingerprint density at radius 1 is 1.24 bits per heavy atom. The molecule has 2 amide bonds. The number of imide groups is 1. The molecule has 2 N–H and O–H groups in total. The number of anilines is 2. The fraction of sp³-hybridized carbons (Fsp3) is 0.333. The van der Waals surface area contributed by atoms with E-state index in [1.54, 1.807) is 49.7 Å². The molecule has 0 bridgehead atoms. The van der Waals surface area contributed by atoms with Gasteiger partial charge in [0.05, 0.1) is 48.6 Å². The van der Waals surface area contributed by atoms with Gasteiger partial charge in [0.25, 0.3) is 5.91 Å². The zero-order chi connectivity index (χ0) is 28.9. The number of pyridine rings is 2. The Balaban J connectivity index is 1.42. The number of benzene rings is 1. The first-order chi connectivity index (χ1) is 19.6. The minimum Gasteiger partial charge on any atom is -0.443 e. The highest BCUT2D eigenvalue weighted by molar-refractivity contribution is 6.11. The number of hydrogen-bond acceptors (Lipinski definition) is 8. The fourth-order valence-electron chi connectivity index (χ4n) is 5.38. The molecule has 1 unspecified atom stereocenters. The molecule has 41 heavy (non-hydrogen) atoms. The van der Waals surface area contributed by atoms with Crippen LogP contribution in [-0.2, 0) is 22.6 Å². The molecule has 1 fully saturated rings. The summed E-state index contributed by atoms with van der Waals surface area (Å²) in [5.74, 6) is -0.307. The van der Waals surface area contributed by atoms with Crippen molar-refractivity contribution in [3.05, 3.63) is 77.0 Å². The molecule has 10 nitrogen and oxygen atoms in total. The molecule has 11 heteroatoms. The van der Waals surface area contributed by atoms with Crippen molar-refractivity contribution in [2.45, 2.75) is 51.9 Å². The number of ether oxygens (including phenoxy) is 2. The van der Waals surface area contributed by atoms with Crippen LogP contribution in [0.15, 0.2) is 48.8 Å². The van der Waals surface area contributed by atoms with Gasteiger partial charge in [0.15, 0.2) is 0 Å². The number of aliphatic hydroxyl groups is 1. The predicted octanol–water partition coefficient (Wildman–Crippen LogP) is 5.17. The Morgan fingerprint density at radius 3 is 2.80 bits per heavy atom. The van der Waals surface area contributed by atoms with Gasteiger partial charge in [-0.2, -0.15) is 0 Å². The van der Waals surface area contributed by atoms with E-state index in [2.05, 4.69) is 15.3 Å². The first-order valence-electron chi connectivity index (χ1n) is 13.4. The molecule has 0 aliphatic carbocycles. The van der Waals surface area contributed by atoms with Gasteiger partial charge in [0.1, 0.15) is 22.9 Å². The van der Waals surface area contributed by atoms with Crippen LogP contribution in [0.3, 0.4) is 0 Å². The Labute approximate surface area is 235 Å². The number of imidazole rings is 1. The summed E-state index contributed by atoms with van der Waals surface area (Å²) in [5.41, 5.74) is 3.76. The summed E-state index contributed by atoms with van der Waals surface area (Å²) in [6, 6.07) is 9.95. The Morgan fingerprint density at radius 2 is 2.07 bits per heavy atom. The molecule has 4 aromatic rings. The molecule has 2 aliphatic rings. The van der Waals surface area contributed by atoms with Crippen LogP contribution in [0.2, 0.25) is 0 Å². The minimum absolute atomic E-state index is 0.0156. The molecule has 3 aromatic heterocycles. The van der Waals surface area contributed by atoms with Crippen molar-refractivity contribution in [3.63, 3.8) is 0 Å². The zero-order valence-electron chi connectivity index (χ0n) is 23.0. The molecule has 212 valence electrons. The smallest absolute Gasteiger partial charge is 0.417 e. The summed E-state index contributed by atoms with van der Waals surface area (Å²) in [6.07, 6.45) is 3.30. The molecular weight excluding hydrogens is 529 g/mol. The fourth-order valence-corrected chi connectivity index (χ4v) is 5.38. The molecular formula is C30H30FN5O5. The lowest BCUT2D eigenvalue weighted by molar-refractivity contribution is 0.0248. The normalized spacial score (nSPS) is 16.9. The van der Waals surface area contributed by atoms with Gasteiger partial charge >= 0.3 is 6.09 Å². The summed E-state index contributed by atoms with van der Waals surface area (Å²) in [7, 11) is 0. The van der Waals surface area contributed by atoms with Crippen LogP contribution in [0.5, 0.6) is 0 Å². The third-order valence-electron chi connectivity index (χ3n) is 7.24. The van der Waals surface area contributed by atoms with Gasteiger partial charge in [-0.05, 0) is 56.5 Å². The quantitative estimate of drug-likeness (QED) is 0.344. The molecule has 6 rings (SSSR count). The van der Waals surface area contributed by atoms with Crippen LogP contribution in [0, 0.1) is 5.82 Å². The zero-order valence-corrected chi connectivity index (χ0v) is 23.0. The molecule has 1 saturated heterocycles. The maximum absolute atomic E-state index is 13.8. The lowest BCUT2D eigenvalue weighted by Crippen LogP contribution is -2.37. The number of nitrogens with zero attached hydrogens (tertiary/aromatic N) is 4. The summed E-state index contributed by atoms with van der Waals surface area (Å²) >= 11 is 0. The standard InChI is InChI=1S/C30H30FN5O5/c1-30(2,3)41-29(39)36-14-21-20(24-13-32-26-12-18(31)8-10-35(24)26)4-6-22(27(21)28(36)38)33-25-7-5-19(23(15-37)34-25)17-9-11-40-16-17/h4-8,10,12-13,17,37H,9,11,14-16H2,1-3H3,(H,33,34). The van der Waals surface area contributed by atoms with Crippen LogP contribution in [0.25, 0.3) is 16.9 Å². The molecule has 0 saturated carbocycles. The van der Waals surface area contributed by atoms with Crippen LogP contribution in [0.1, 0.15) is 60.3 Å². The summed E-state index contributed by atoms with van der Waals surface area (Å²) in [6.45, 7) is 6.21. The van der Waals surface area contributed by atoms with Gasteiger partial charge in [-0.1, -0.05) is 12.1 Å². The largest absolute Gasteiger partial charge is 0.443 e. The van der Waals surface area contributed by atoms with Gasteiger partial charge in [-0.15, -0.1) is 0 Å². The Hall–Kier alpha value is -4.35. The lowest BCUT2D eigenvalue weighted by atomic mass is 9.97.